The molecule has 0 bridgehead atoms. The van der Waals surface area contributed by atoms with Gasteiger partial charge in [-0.25, -0.2) is 9.69 Å². The molecule has 9 heteroatoms. The molecule has 0 aromatic heterocycles. The minimum absolute atomic E-state index is 0.0356. The Bertz CT molecular complexity index is 2240. The fourth-order valence-electron chi connectivity index (χ4n) is 4.23. The Kier molecular flexibility index (Phi) is 12.7. The minimum Gasteiger partial charge on any atom is -0.404 e. The molecule has 1 unspecified atom stereocenters. The van der Waals surface area contributed by atoms with Crippen LogP contribution in [0.1, 0.15) is 22.8 Å². The Balaban J connectivity index is 1.52. The van der Waals surface area contributed by atoms with Crippen LogP contribution in [0.25, 0.3) is 0 Å². The highest BCUT2D eigenvalue weighted by molar-refractivity contribution is 6.31. The minimum atomic E-state index is -1.83. The summed E-state index contributed by atoms with van der Waals surface area (Å²) in [7, 11) is 0. The van der Waals surface area contributed by atoms with E-state index >= 15 is 0 Å². The number of anilines is 1. The molecule has 8 nitrogen and oxygen atoms in total. The average molecular weight is 660 g/mol. The molecule has 1 atom stereocenters. The Morgan fingerprint density at radius 2 is 1.37 bits per heavy atom. The summed E-state index contributed by atoms with van der Waals surface area (Å²) in [4.78, 5) is 56.3. The number of halogens is 1. The van der Waals surface area contributed by atoms with Crippen LogP contribution in [0.2, 0.25) is 5.02 Å². The number of urea groups is 1. The van der Waals surface area contributed by atoms with Gasteiger partial charge < -0.3 is 15.0 Å². The Labute approximate surface area is 289 Å². The van der Waals surface area contributed by atoms with E-state index in [0.29, 0.717) is 4.90 Å². The highest BCUT2D eigenvalue weighted by Gasteiger charge is 2.47. The molecular formula is C40H22ClN3O5. The quantitative estimate of drug-likeness (QED) is 0.168. The topological polar surface area (TPSA) is 96.0 Å². The predicted molar refractivity (Wildman–Crippen MR) is 184 cm³/mol. The van der Waals surface area contributed by atoms with E-state index in [1.165, 1.54) is 35.2 Å². The van der Waals surface area contributed by atoms with Crippen molar-refractivity contribution in [2.45, 2.75) is 19.5 Å². The number of nitrogens with zero attached hydrogens (tertiary/aromatic N) is 2. The second-order valence-corrected chi connectivity index (χ2v) is 10.0. The van der Waals surface area contributed by atoms with E-state index in [9.17, 15) is 19.2 Å². The van der Waals surface area contributed by atoms with Gasteiger partial charge in [-0.2, -0.15) is 0 Å². The van der Waals surface area contributed by atoms with E-state index in [0.717, 1.165) is 5.56 Å². The largest absolute Gasteiger partial charge is 0.404 e. The number of rotatable bonds is 8. The summed E-state index contributed by atoms with van der Waals surface area (Å²) in [6.45, 7) is 1.47. The van der Waals surface area contributed by atoms with Crippen molar-refractivity contribution in [2.75, 3.05) is 11.9 Å². The fourth-order valence-corrected chi connectivity index (χ4v) is 4.40. The summed E-state index contributed by atoms with van der Waals surface area (Å²) in [6.07, 6.45) is 2.38. The van der Waals surface area contributed by atoms with Crippen LogP contribution in [0.15, 0.2) is 78.9 Å². The first kappa shape index (κ1) is 34.6. The van der Waals surface area contributed by atoms with Gasteiger partial charge in [0.15, 0.2) is 17.6 Å². The standard InChI is InChI=1S/C40H22ClN3O5/c1-2-3-4-5-6-7-8-9-10-11-12-13-20-27-49-35-26-25-33(41)28-34(35)42-39(47)37(38(46)32-23-18-15-19-24-32)44-36(45)30-43(40(44)48)29-31-21-16-14-17-22-31/h14-19,21-26,28,37H,29-30H2,1H3,(H,42,47). The zero-order valence-electron chi connectivity index (χ0n) is 25.8. The zero-order valence-corrected chi connectivity index (χ0v) is 26.6. The molecule has 1 saturated heterocycles. The lowest BCUT2D eigenvalue weighted by Gasteiger charge is -2.25. The Hall–Kier alpha value is -7.25. The third-order valence-electron chi connectivity index (χ3n) is 6.32. The van der Waals surface area contributed by atoms with E-state index in [1.807, 2.05) is 6.07 Å². The molecule has 0 aliphatic carbocycles. The number of amides is 4. The number of carbonyl (C=O) groups excluding carboxylic acids is 4. The fraction of sp³-hybridized carbons (Fsp3) is 0.100. The number of benzene rings is 3. The molecule has 1 aliphatic heterocycles. The lowest BCUT2D eigenvalue weighted by atomic mass is 10.0. The molecule has 49 heavy (non-hydrogen) atoms. The molecule has 3 aromatic rings. The first-order valence-corrected chi connectivity index (χ1v) is 14.7. The van der Waals surface area contributed by atoms with E-state index < -0.39 is 29.7 Å². The molecule has 234 valence electrons. The second-order valence-electron chi connectivity index (χ2n) is 9.60. The van der Waals surface area contributed by atoms with Gasteiger partial charge in [0.25, 0.3) is 11.8 Å². The predicted octanol–water partition coefficient (Wildman–Crippen LogP) is 4.37. The van der Waals surface area contributed by atoms with Gasteiger partial charge in [0.2, 0.25) is 0 Å². The molecule has 0 saturated carbocycles. The lowest BCUT2D eigenvalue weighted by Crippen LogP contribution is -2.52. The van der Waals surface area contributed by atoms with Crippen molar-refractivity contribution in [3.63, 3.8) is 0 Å². The second kappa shape index (κ2) is 18.0. The highest BCUT2D eigenvalue weighted by atomic mass is 35.5. The number of imide groups is 1. The highest BCUT2D eigenvalue weighted by Crippen LogP contribution is 2.29. The van der Waals surface area contributed by atoms with E-state index in [2.05, 4.69) is 88.4 Å². The summed E-state index contributed by atoms with van der Waals surface area (Å²) >= 11 is 6.20. The van der Waals surface area contributed by atoms with Crippen LogP contribution in [0.4, 0.5) is 10.5 Å². The average Bonchev–Trinajstić information content (AvgIpc) is 3.37. The van der Waals surface area contributed by atoms with Crippen molar-refractivity contribution in [3.05, 3.63) is 95.0 Å². The van der Waals surface area contributed by atoms with Gasteiger partial charge in [0.05, 0.1) is 5.69 Å². The van der Waals surface area contributed by atoms with Gasteiger partial charge in [-0.15, -0.1) is 0 Å². The Morgan fingerprint density at radius 1 is 0.796 bits per heavy atom. The number of carbonyl (C=O) groups is 4. The van der Waals surface area contributed by atoms with Crippen molar-refractivity contribution in [1.29, 1.82) is 0 Å². The summed E-state index contributed by atoms with van der Waals surface area (Å²) in [5.74, 6) is 30.2. The van der Waals surface area contributed by atoms with Gasteiger partial charge in [-0.3, -0.25) is 14.4 Å². The van der Waals surface area contributed by atoms with Crippen LogP contribution in [-0.2, 0) is 16.1 Å². The summed E-state index contributed by atoms with van der Waals surface area (Å²) in [6, 6.07) is 18.6. The molecule has 1 heterocycles. The van der Waals surface area contributed by atoms with Gasteiger partial charge in [0.1, 0.15) is 12.7 Å². The van der Waals surface area contributed by atoms with Gasteiger partial charge in [-0.05, 0) is 66.2 Å². The van der Waals surface area contributed by atoms with E-state index in [4.69, 9.17) is 16.3 Å². The van der Waals surface area contributed by atoms with Crippen LogP contribution in [0.5, 0.6) is 5.75 Å². The van der Waals surface area contributed by atoms with Gasteiger partial charge in [-0.1, -0.05) is 78.2 Å². The smallest absolute Gasteiger partial charge is 0.328 e. The Morgan fingerprint density at radius 3 is 1.98 bits per heavy atom. The molecule has 1 N–H and O–H groups in total. The van der Waals surface area contributed by atoms with Gasteiger partial charge in [0, 0.05) is 52.7 Å². The van der Waals surface area contributed by atoms with Crippen molar-refractivity contribution >= 4 is 40.9 Å². The maximum Gasteiger partial charge on any atom is 0.328 e. The normalized spacial score (nSPS) is 11.2. The number of hydrogen-bond acceptors (Lipinski definition) is 5. The molecule has 0 spiro atoms. The number of Topliss-reactive ketones (excluding diaryl/α,β-unsaturated/α-hetero) is 1. The summed E-state index contributed by atoms with van der Waals surface area (Å²) < 4.78 is 5.47. The van der Waals surface area contributed by atoms with E-state index in [-0.39, 0.29) is 35.1 Å². The number of ketones is 1. The van der Waals surface area contributed by atoms with Crippen LogP contribution < -0.4 is 10.1 Å². The third-order valence-corrected chi connectivity index (χ3v) is 6.56. The van der Waals surface area contributed by atoms with Crippen LogP contribution >= 0.6 is 11.6 Å². The first-order chi connectivity index (χ1) is 23.9. The van der Waals surface area contributed by atoms with Crippen LogP contribution in [-0.4, -0.2) is 46.0 Å². The molecule has 1 fully saturated rings. The molecule has 4 rings (SSSR count). The maximum atomic E-state index is 13.8. The molecule has 1 aliphatic rings. The van der Waals surface area contributed by atoms with Crippen molar-refractivity contribution < 1.29 is 23.9 Å². The molecule has 3 aromatic carbocycles. The van der Waals surface area contributed by atoms with Crippen molar-refractivity contribution in [2.24, 2.45) is 0 Å². The van der Waals surface area contributed by atoms with Crippen molar-refractivity contribution in [1.82, 2.24) is 9.80 Å². The van der Waals surface area contributed by atoms with Crippen LogP contribution in [0, 0.1) is 83.1 Å². The summed E-state index contributed by atoms with van der Waals surface area (Å²) in [5.41, 5.74) is 0.942. The van der Waals surface area contributed by atoms with Crippen LogP contribution in [0.3, 0.4) is 0 Å². The lowest BCUT2D eigenvalue weighted by molar-refractivity contribution is -0.131. The zero-order chi connectivity index (χ0) is 34.8. The third kappa shape index (κ3) is 10.1. The number of nitrogens with one attached hydrogen (secondary N) is 1. The summed E-state index contributed by atoms with van der Waals surface area (Å²) in [5, 5.41) is 2.81. The molecule has 4 amide bonds. The number of hydrogen-bond donors (Lipinski definition) is 1. The van der Waals surface area contributed by atoms with Gasteiger partial charge >= 0.3 is 6.03 Å². The monoisotopic (exact) mass is 659 g/mol. The molecular weight excluding hydrogens is 638 g/mol. The maximum absolute atomic E-state index is 13.8. The first-order valence-electron chi connectivity index (χ1n) is 14.3. The van der Waals surface area contributed by atoms with E-state index in [1.54, 1.807) is 49.4 Å². The molecule has 0 radical (unpaired) electrons. The SMILES string of the molecule is CC#CC#CC#CC#CC#CC#CC#COc1ccc(Cl)cc1NC(=O)C(C(=O)c1ccccc1)N1C(=O)CN(Cc2ccccc2)C1=O. The number of ether oxygens (including phenoxy) is 1. The van der Waals surface area contributed by atoms with Crippen molar-refractivity contribution in [3.8, 4) is 88.8 Å².